The average molecular weight is 440 g/mol. The number of ether oxygens (including phenoxy) is 2. The maximum Gasteiger partial charge on any atom is 0.374 e. The fourth-order valence-electron chi connectivity index (χ4n) is 3.00. The third-order valence-corrected chi connectivity index (χ3v) is 6.36. The molecule has 1 saturated heterocycles. The van der Waals surface area contributed by atoms with Crippen molar-refractivity contribution in [3.05, 3.63) is 47.5 Å². The monoisotopic (exact) mass is 440 g/mol. The van der Waals surface area contributed by atoms with Gasteiger partial charge in [0.2, 0.25) is 10.9 Å². The summed E-state index contributed by atoms with van der Waals surface area (Å²) in [7, 11) is -2.60. The minimum Gasteiger partial charge on any atom is -0.497 e. The molecular formula is C19H21FN2O7S. The second-order valence-corrected chi connectivity index (χ2v) is 8.25. The van der Waals surface area contributed by atoms with Crippen LogP contribution < -0.4 is 4.74 Å². The van der Waals surface area contributed by atoms with Gasteiger partial charge in [-0.25, -0.2) is 17.6 Å². The first-order chi connectivity index (χ1) is 14.3. The molecular weight excluding hydrogens is 419 g/mol. The summed E-state index contributed by atoms with van der Waals surface area (Å²) in [6.45, 7) is 1.91. The molecule has 9 nitrogen and oxygen atoms in total. The van der Waals surface area contributed by atoms with Gasteiger partial charge in [0.15, 0.2) is 0 Å². The highest BCUT2D eigenvalue weighted by atomic mass is 32.2. The van der Waals surface area contributed by atoms with E-state index < -0.39 is 27.7 Å². The lowest BCUT2D eigenvalue weighted by atomic mass is 10.1. The van der Waals surface area contributed by atoms with Crippen molar-refractivity contribution in [1.82, 2.24) is 9.21 Å². The Hall–Kier alpha value is -2.92. The molecule has 2 heterocycles. The predicted molar refractivity (Wildman–Crippen MR) is 102 cm³/mol. The van der Waals surface area contributed by atoms with Crippen molar-refractivity contribution in [3.63, 3.8) is 0 Å². The average Bonchev–Trinajstić information content (AvgIpc) is 3.25. The molecule has 1 aliphatic heterocycles. The molecule has 0 spiro atoms. The molecule has 11 heteroatoms. The van der Waals surface area contributed by atoms with Crippen LogP contribution in [0.5, 0.6) is 5.75 Å². The number of piperazine rings is 1. The molecule has 0 bridgehead atoms. The summed E-state index contributed by atoms with van der Waals surface area (Å²) in [6, 6.07) is 6.35. The van der Waals surface area contributed by atoms with Crippen LogP contribution in [-0.4, -0.2) is 69.4 Å². The molecule has 1 fully saturated rings. The first-order valence-electron chi connectivity index (χ1n) is 9.18. The summed E-state index contributed by atoms with van der Waals surface area (Å²) in [5.41, 5.74) is -0.114. The Bertz CT molecular complexity index is 1040. The Morgan fingerprint density at radius 3 is 2.43 bits per heavy atom. The Kier molecular flexibility index (Phi) is 6.42. The van der Waals surface area contributed by atoms with Gasteiger partial charge < -0.3 is 18.8 Å². The Morgan fingerprint density at radius 1 is 1.13 bits per heavy atom. The van der Waals surface area contributed by atoms with Crippen molar-refractivity contribution in [3.8, 4) is 5.75 Å². The number of carbonyl (C=O) groups is 2. The van der Waals surface area contributed by atoms with Gasteiger partial charge in [-0.3, -0.25) is 4.79 Å². The number of hydrogen-bond acceptors (Lipinski definition) is 7. The number of hydrogen-bond donors (Lipinski definition) is 0. The van der Waals surface area contributed by atoms with E-state index in [2.05, 4.69) is 0 Å². The number of rotatable bonds is 6. The van der Waals surface area contributed by atoms with E-state index in [1.807, 2.05) is 0 Å². The zero-order valence-corrected chi connectivity index (χ0v) is 17.3. The second-order valence-electron chi connectivity index (χ2n) is 6.38. The van der Waals surface area contributed by atoms with Gasteiger partial charge in [-0.2, -0.15) is 4.31 Å². The number of esters is 1. The van der Waals surface area contributed by atoms with Crippen molar-refractivity contribution in [1.29, 1.82) is 0 Å². The highest BCUT2D eigenvalue weighted by Gasteiger charge is 2.33. The molecule has 2 aromatic rings. The van der Waals surface area contributed by atoms with Crippen LogP contribution in [0.25, 0.3) is 0 Å². The van der Waals surface area contributed by atoms with E-state index in [0.29, 0.717) is 5.75 Å². The van der Waals surface area contributed by atoms with E-state index in [1.54, 1.807) is 6.92 Å². The largest absolute Gasteiger partial charge is 0.497 e. The molecule has 30 heavy (non-hydrogen) atoms. The lowest BCUT2D eigenvalue weighted by molar-refractivity contribution is 0.0483. The van der Waals surface area contributed by atoms with Gasteiger partial charge in [-0.1, -0.05) is 0 Å². The Labute approximate surface area is 173 Å². The number of carbonyl (C=O) groups excluding carboxylic acids is 2. The van der Waals surface area contributed by atoms with Crippen LogP contribution >= 0.6 is 0 Å². The number of amides is 1. The maximum absolute atomic E-state index is 14.2. The van der Waals surface area contributed by atoms with Crippen molar-refractivity contribution >= 4 is 21.9 Å². The van der Waals surface area contributed by atoms with Crippen LogP contribution in [-0.2, 0) is 14.8 Å². The van der Waals surface area contributed by atoms with E-state index in [4.69, 9.17) is 13.9 Å². The van der Waals surface area contributed by atoms with Gasteiger partial charge in [0, 0.05) is 32.2 Å². The van der Waals surface area contributed by atoms with Crippen LogP contribution in [0.3, 0.4) is 0 Å². The summed E-state index contributed by atoms with van der Waals surface area (Å²) < 4.78 is 55.7. The first kappa shape index (κ1) is 21.8. The number of nitrogens with zero attached hydrogens (tertiary/aromatic N) is 2. The molecule has 3 rings (SSSR count). The summed E-state index contributed by atoms with van der Waals surface area (Å²) in [6.07, 6.45) is 0. The lowest BCUT2D eigenvalue weighted by Crippen LogP contribution is -2.50. The molecule has 0 unspecified atom stereocenters. The fourth-order valence-corrected chi connectivity index (χ4v) is 4.33. The van der Waals surface area contributed by atoms with Crippen molar-refractivity contribution in [2.75, 3.05) is 39.9 Å². The zero-order chi connectivity index (χ0) is 21.9. The van der Waals surface area contributed by atoms with Gasteiger partial charge in [0.05, 0.1) is 19.3 Å². The number of methoxy groups -OCH3 is 1. The van der Waals surface area contributed by atoms with Gasteiger partial charge in [-0.05, 0) is 31.2 Å². The molecule has 0 atom stereocenters. The Balaban J connectivity index is 1.67. The third kappa shape index (κ3) is 4.31. The Morgan fingerprint density at radius 2 is 1.83 bits per heavy atom. The van der Waals surface area contributed by atoms with Crippen molar-refractivity contribution < 1.29 is 36.3 Å². The van der Waals surface area contributed by atoms with Crippen molar-refractivity contribution in [2.45, 2.75) is 12.0 Å². The van der Waals surface area contributed by atoms with Crippen LogP contribution in [0.15, 0.2) is 39.8 Å². The molecule has 1 amide bonds. The quantitative estimate of drug-likeness (QED) is 0.630. The summed E-state index contributed by atoms with van der Waals surface area (Å²) >= 11 is 0. The molecule has 162 valence electrons. The number of sulfonamides is 1. The smallest absolute Gasteiger partial charge is 0.374 e. The minimum atomic E-state index is -3.99. The normalized spacial score (nSPS) is 15.1. The van der Waals surface area contributed by atoms with Gasteiger partial charge in [-0.15, -0.1) is 0 Å². The van der Waals surface area contributed by atoms with Crippen LogP contribution in [0, 0.1) is 5.82 Å². The highest BCUT2D eigenvalue weighted by Crippen LogP contribution is 2.22. The standard InChI is InChI=1S/C19H21FN2O7S/c1-3-28-19(24)16-6-7-17(29-16)30(25,26)22-10-8-21(9-11-22)18(23)14-5-4-13(27-2)12-15(14)20/h4-7,12H,3,8-11H2,1-2H3. The van der Waals surface area contributed by atoms with Gasteiger partial charge in [0.1, 0.15) is 11.6 Å². The summed E-state index contributed by atoms with van der Waals surface area (Å²) in [5, 5.41) is -0.383. The van der Waals surface area contributed by atoms with Crippen LogP contribution in [0.1, 0.15) is 27.8 Å². The minimum absolute atomic E-state index is 0.00128. The van der Waals surface area contributed by atoms with Crippen LogP contribution in [0.4, 0.5) is 4.39 Å². The number of furan rings is 1. The van der Waals surface area contributed by atoms with E-state index in [0.717, 1.165) is 10.4 Å². The fraction of sp³-hybridized carbons (Fsp3) is 0.368. The van der Waals surface area contributed by atoms with E-state index in [9.17, 15) is 22.4 Å². The molecule has 1 aromatic heterocycles. The number of halogens is 1. The predicted octanol–water partition coefficient (Wildman–Crippen LogP) is 1.75. The number of benzene rings is 1. The first-order valence-corrected chi connectivity index (χ1v) is 10.6. The van der Waals surface area contributed by atoms with Crippen molar-refractivity contribution in [2.24, 2.45) is 0 Å². The van der Waals surface area contributed by atoms with Gasteiger partial charge >= 0.3 is 5.97 Å². The lowest BCUT2D eigenvalue weighted by Gasteiger charge is -2.33. The summed E-state index contributed by atoms with van der Waals surface area (Å²) in [4.78, 5) is 25.6. The summed E-state index contributed by atoms with van der Waals surface area (Å²) in [5.74, 6) is -1.91. The molecule has 1 aliphatic rings. The molecule has 0 radical (unpaired) electrons. The molecule has 1 aromatic carbocycles. The van der Waals surface area contributed by atoms with Gasteiger partial charge in [0.25, 0.3) is 15.9 Å². The molecule has 0 saturated carbocycles. The second kappa shape index (κ2) is 8.84. The van der Waals surface area contributed by atoms with E-state index in [1.165, 1.54) is 36.3 Å². The maximum atomic E-state index is 14.2. The zero-order valence-electron chi connectivity index (χ0n) is 16.5. The highest BCUT2D eigenvalue weighted by molar-refractivity contribution is 7.89. The van der Waals surface area contributed by atoms with E-state index >= 15 is 0 Å². The van der Waals surface area contributed by atoms with Crippen LogP contribution in [0.2, 0.25) is 0 Å². The van der Waals surface area contributed by atoms with E-state index in [-0.39, 0.29) is 49.2 Å². The molecule has 0 N–H and O–H groups in total. The topological polar surface area (TPSA) is 106 Å². The molecule has 0 aliphatic carbocycles. The SMILES string of the molecule is CCOC(=O)c1ccc(S(=O)(=O)N2CCN(C(=O)c3ccc(OC)cc3F)CC2)o1. The third-order valence-electron chi connectivity index (χ3n) is 4.58.